The van der Waals surface area contributed by atoms with E-state index >= 15 is 0 Å². The van der Waals surface area contributed by atoms with Crippen LogP contribution in [0.5, 0.6) is 0 Å². The van der Waals surface area contributed by atoms with Gasteiger partial charge < -0.3 is 14.6 Å². The number of rotatable bonds is 6. The first-order valence-electron chi connectivity index (χ1n) is 8.20. The molecule has 2 aliphatic heterocycles. The second-order valence-electron chi connectivity index (χ2n) is 5.97. The van der Waals surface area contributed by atoms with E-state index in [1.807, 2.05) is 12.1 Å². The van der Waals surface area contributed by atoms with Gasteiger partial charge in [0, 0.05) is 18.8 Å². The van der Waals surface area contributed by atoms with Crippen molar-refractivity contribution in [3.8, 4) is 0 Å². The average molecular weight is 337 g/mol. The monoisotopic (exact) mass is 337 g/mol. The molecular formula is C16H23N3O3S. The summed E-state index contributed by atoms with van der Waals surface area (Å²) in [4.78, 5) is 27.7. The van der Waals surface area contributed by atoms with E-state index in [0.717, 1.165) is 24.6 Å². The molecule has 0 aliphatic carbocycles. The Labute approximate surface area is 140 Å². The Morgan fingerprint density at radius 3 is 2.78 bits per heavy atom. The molecule has 1 aromatic rings. The summed E-state index contributed by atoms with van der Waals surface area (Å²) >= 11 is 1.28. The highest BCUT2D eigenvalue weighted by Gasteiger charge is 2.26. The SMILES string of the molecule is O=C(CN1CCSC1=O)NC[C@H](c1ccco1)N1CCCCC1. The first-order chi connectivity index (χ1) is 11.2. The molecule has 1 atom stereocenters. The topological polar surface area (TPSA) is 65.8 Å². The number of hydrogen-bond acceptors (Lipinski definition) is 5. The molecule has 2 saturated heterocycles. The van der Waals surface area contributed by atoms with Gasteiger partial charge >= 0.3 is 0 Å². The number of furan rings is 1. The lowest BCUT2D eigenvalue weighted by atomic mass is 10.1. The normalized spacial score (nSPS) is 20.7. The van der Waals surface area contributed by atoms with E-state index in [2.05, 4.69) is 10.2 Å². The minimum absolute atomic E-state index is 0.00114. The standard InChI is InChI=1S/C16H23N3O3S/c20-15(12-19-8-10-23-16(19)21)17-11-13(14-5-4-9-22-14)18-6-2-1-3-7-18/h4-5,9,13H,1-3,6-8,10-12H2,(H,17,20)/t13-/m1/s1. The molecule has 7 heteroatoms. The number of amides is 2. The fourth-order valence-corrected chi connectivity index (χ4v) is 3.95. The minimum atomic E-state index is -0.102. The van der Waals surface area contributed by atoms with E-state index in [1.165, 1.54) is 31.0 Å². The second kappa shape index (κ2) is 7.88. The van der Waals surface area contributed by atoms with Crippen LogP contribution in [-0.2, 0) is 4.79 Å². The van der Waals surface area contributed by atoms with Crippen LogP contribution in [0.15, 0.2) is 22.8 Å². The Bertz CT molecular complexity index is 529. The molecule has 0 radical (unpaired) electrons. The van der Waals surface area contributed by atoms with Gasteiger partial charge in [0.15, 0.2) is 0 Å². The van der Waals surface area contributed by atoms with Crippen LogP contribution in [0.3, 0.4) is 0 Å². The van der Waals surface area contributed by atoms with Crippen molar-refractivity contribution in [2.24, 2.45) is 0 Å². The van der Waals surface area contributed by atoms with Crippen LogP contribution >= 0.6 is 11.8 Å². The Kier molecular flexibility index (Phi) is 5.61. The quantitative estimate of drug-likeness (QED) is 0.861. The van der Waals surface area contributed by atoms with Gasteiger partial charge in [-0.25, -0.2) is 0 Å². The Hall–Kier alpha value is -1.47. The third kappa shape index (κ3) is 4.29. The van der Waals surface area contributed by atoms with Crippen LogP contribution in [0.1, 0.15) is 31.1 Å². The van der Waals surface area contributed by atoms with Crippen LogP contribution in [-0.4, -0.2) is 59.4 Å². The van der Waals surface area contributed by atoms with Gasteiger partial charge in [0.05, 0.1) is 12.3 Å². The molecule has 6 nitrogen and oxygen atoms in total. The largest absolute Gasteiger partial charge is 0.468 e. The molecule has 0 saturated carbocycles. The van der Waals surface area contributed by atoms with Crippen molar-refractivity contribution >= 4 is 22.9 Å². The van der Waals surface area contributed by atoms with Crippen LogP contribution in [0.25, 0.3) is 0 Å². The Morgan fingerprint density at radius 1 is 1.30 bits per heavy atom. The van der Waals surface area contributed by atoms with Crippen molar-refractivity contribution in [1.82, 2.24) is 15.1 Å². The van der Waals surface area contributed by atoms with Crippen LogP contribution < -0.4 is 5.32 Å². The minimum Gasteiger partial charge on any atom is -0.468 e. The van der Waals surface area contributed by atoms with Crippen molar-refractivity contribution in [2.45, 2.75) is 25.3 Å². The zero-order chi connectivity index (χ0) is 16.1. The zero-order valence-corrected chi connectivity index (χ0v) is 14.0. The molecule has 1 N–H and O–H groups in total. The lowest BCUT2D eigenvalue weighted by Gasteiger charge is -2.33. The maximum Gasteiger partial charge on any atom is 0.282 e. The van der Waals surface area contributed by atoms with Gasteiger partial charge in [-0.15, -0.1) is 0 Å². The molecule has 126 valence electrons. The number of hydrogen-bond donors (Lipinski definition) is 1. The summed E-state index contributed by atoms with van der Waals surface area (Å²) in [5, 5.41) is 2.97. The van der Waals surface area contributed by atoms with E-state index in [4.69, 9.17) is 4.42 Å². The summed E-state index contributed by atoms with van der Waals surface area (Å²) < 4.78 is 5.57. The maximum atomic E-state index is 12.1. The summed E-state index contributed by atoms with van der Waals surface area (Å²) in [6.07, 6.45) is 5.31. The van der Waals surface area contributed by atoms with Crippen molar-refractivity contribution in [3.63, 3.8) is 0 Å². The highest BCUT2D eigenvalue weighted by atomic mass is 32.2. The van der Waals surface area contributed by atoms with Crippen LogP contribution in [0.4, 0.5) is 4.79 Å². The number of nitrogens with one attached hydrogen (secondary N) is 1. The van der Waals surface area contributed by atoms with Gasteiger partial charge in [0.2, 0.25) is 5.91 Å². The number of thioether (sulfide) groups is 1. The third-order valence-corrected chi connectivity index (χ3v) is 5.27. The third-order valence-electron chi connectivity index (χ3n) is 4.38. The molecule has 2 amide bonds. The lowest BCUT2D eigenvalue weighted by molar-refractivity contribution is -0.121. The summed E-state index contributed by atoms with van der Waals surface area (Å²) in [6.45, 7) is 3.38. The average Bonchev–Trinajstić information content (AvgIpc) is 3.22. The molecule has 23 heavy (non-hydrogen) atoms. The van der Waals surface area contributed by atoms with E-state index in [0.29, 0.717) is 13.1 Å². The first-order valence-corrected chi connectivity index (χ1v) is 9.18. The summed E-state index contributed by atoms with van der Waals surface area (Å²) in [5.41, 5.74) is 0. The van der Waals surface area contributed by atoms with Crippen molar-refractivity contribution in [2.75, 3.05) is 38.5 Å². The summed E-state index contributed by atoms with van der Waals surface area (Å²) in [7, 11) is 0. The van der Waals surface area contributed by atoms with Crippen molar-refractivity contribution < 1.29 is 14.0 Å². The number of likely N-dealkylation sites (tertiary alicyclic amines) is 1. The number of carbonyl (C=O) groups excluding carboxylic acids is 2. The number of piperidine rings is 1. The molecule has 0 bridgehead atoms. The van der Waals surface area contributed by atoms with Crippen molar-refractivity contribution in [1.29, 1.82) is 0 Å². The lowest BCUT2D eigenvalue weighted by Crippen LogP contribution is -2.43. The van der Waals surface area contributed by atoms with Crippen LogP contribution in [0, 0.1) is 0 Å². The molecule has 3 rings (SSSR count). The molecule has 3 heterocycles. The Balaban J connectivity index is 1.55. The molecule has 0 unspecified atom stereocenters. The Morgan fingerprint density at radius 2 is 2.13 bits per heavy atom. The highest BCUT2D eigenvalue weighted by Crippen LogP contribution is 2.24. The highest BCUT2D eigenvalue weighted by molar-refractivity contribution is 8.13. The van der Waals surface area contributed by atoms with E-state index in [-0.39, 0.29) is 23.7 Å². The van der Waals surface area contributed by atoms with E-state index < -0.39 is 0 Å². The number of nitrogens with zero attached hydrogens (tertiary/aromatic N) is 2. The second-order valence-corrected chi connectivity index (χ2v) is 7.01. The smallest absolute Gasteiger partial charge is 0.282 e. The van der Waals surface area contributed by atoms with Crippen molar-refractivity contribution in [3.05, 3.63) is 24.2 Å². The fraction of sp³-hybridized carbons (Fsp3) is 0.625. The number of carbonyl (C=O) groups is 2. The zero-order valence-electron chi connectivity index (χ0n) is 13.2. The van der Waals surface area contributed by atoms with Gasteiger partial charge in [-0.05, 0) is 38.1 Å². The van der Waals surface area contributed by atoms with Crippen LogP contribution in [0.2, 0.25) is 0 Å². The van der Waals surface area contributed by atoms with E-state index in [9.17, 15) is 9.59 Å². The molecule has 1 aromatic heterocycles. The van der Waals surface area contributed by atoms with Gasteiger partial charge in [-0.3, -0.25) is 14.5 Å². The van der Waals surface area contributed by atoms with Gasteiger partial charge in [0.25, 0.3) is 5.24 Å². The predicted octanol–water partition coefficient (Wildman–Crippen LogP) is 2.09. The fourth-order valence-electron chi connectivity index (χ4n) is 3.13. The van der Waals surface area contributed by atoms with Gasteiger partial charge in [0.1, 0.15) is 12.3 Å². The molecule has 2 aliphatic rings. The first kappa shape index (κ1) is 16.4. The van der Waals surface area contributed by atoms with Gasteiger partial charge in [-0.2, -0.15) is 0 Å². The summed E-state index contributed by atoms with van der Waals surface area (Å²) in [6, 6.07) is 3.92. The predicted molar refractivity (Wildman–Crippen MR) is 89.3 cm³/mol. The van der Waals surface area contributed by atoms with Gasteiger partial charge in [-0.1, -0.05) is 18.2 Å². The molecule has 0 spiro atoms. The molecular weight excluding hydrogens is 314 g/mol. The summed E-state index contributed by atoms with van der Waals surface area (Å²) in [5.74, 6) is 1.56. The molecule has 2 fully saturated rings. The van der Waals surface area contributed by atoms with E-state index in [1.54, 1.807) is 11.2 Å². The molecule has 0 aromatic carbocycles. The maximum absolute atomic E-state index is 12.1.